The Labute approximate surface area is 297 Å². The highest BCUT2D eigenvalue weighted by molar-refractivity contribution is 6.74. The Morgan fingerprint density at radius 1 is 0.980 bits per heavy atom. The molecule has 50 heavy (non-hydrogen) atoms. The van der Waals surface area contributed by atoms with Crippen LogP contribution < -0.4 is 14.5 Å². The number of nitrogens with one attached hydrogen (secondary N) is 1. The Balaban J connectivity index is 1.24. The number of piperidine rings is 1. The van der Waals surface area contributed by atoms with Crippen LogP contribution in [0.3, 0.4) is 0 Å². The maximum atomic E-state index is 14.2. The van der Waals surface area contributed by atoms with Crippen molar-refractivity contribution in [2.45, 2.75) is 107 Å². The van der Waals surface area contributed by atoms with Crippen molar-refractivity contribution in [3.8, 4) is 11.5 Å². The van der Waals surface area contributed by atoms with Crippen molar-refractivity contribution >= 4 is 26.3 Å². The van der Waals surface area contributed by atoms with Gasteiger partial charge in [0.1, 0.15) is 17.5 Å². The number of nitrogens with zero attached hydrogens (tertiary/aromatic N) is 1. The lowest BCUT2D eigenvalue weighted by atomic mass is 9.48. The first kappa shape index (κ1) is 33.3. The Bertz CT molecular complexity index is 1820. The quantitative estimate of drug-likeness (QED) is 0.141. The highest BCUT2D eigenvalue weighted by Gasteiger charge is 2.75. The second kappa shape index (κ2) is 12.1. The van der Waals surface area contributed by atoms with Crippen LogP contribution in [0.25, 0.3) is 6.08 Å². The summed E-state index contributed by atoms with van der Waals surface area (Å²) in [5.74, 6) is 1.81. The molecule has 2 saturated carbocycles. The highest BCUT2D eigenvalue weighted by Crippen LogP contribution is 2.67. The minimum absolute atomic E-state index is 0.00487. The Morgan fingerprint density at radius 3 is 2.40 bits per heavy atom. The number of amides is 1. The number of hydrogen-bond acceptors (Lipinski definition) is 6. The van der Waals surface area contributed by atoms with E-state index in [1.807, 2.05) is 66.7 Å². The van der Waals surface area contributed by atoms with Crippen LogP contribution in [0.2, 0.25) is 18.1 Å². The zero-order valence-electron chi connectivity index (χ0n) is 30.0. The van der Waals surface area contributed by atoms with E-state index < -0.39 is 25.4 Å². The van der Waals surface area contributed by atoms with E-state index in [0.717, 1.165) is 48.6 Å². The van der Waals surface area contributed by atoms with Crippen LogP contribution in [-0.4, -0.2) is 62.0 Å². The predicted molar refractivity (Wildman–Crippen MR) is 198 cm³/mol. The summed E-state index contributed by atoms with van der Waals surface area (Å²) in [5, 5.41) is 3.36. The van der Waals surface area contributed by atoms with Crippen molar-refractivity contribution in [1.29, 1.82) is 0 Å². The fraction of sp³-hybridized carbons (Fsp3) is 0.476. The topological polar surface area (TPSA) is 77.1 Å². The standard InChI is InChI=1S/C42H50N2O5Si/c1-40(2,3)50(4,5)49-33-20-19-31-26-34-42(48-39(46)30-14-10-7-11-15-30)23-22-32(43-35(45)21-18-28-12-8-6-9-13-28)38-41(42,36(31)37(33)47-38)24-25-44(34)27-29-16-17-29/h6-15,18-21,29,32,34,38H,16-17,22-27H2,1-5H3,(H,43,45)/b21-18+/t32-,34-,38+,41+,42-/m1/s1. The molecular formula is C42H50N2O5Si. The molecule has 2 aliphatic heterocycles. The van der Waals surface area contributed by atoms with Gasteiger partial charge in [0, 0.05) is 18.2 Å². The van der Waals surface area contributed by atoms with Gasteiger partial charge in [0.05, 0.1) is 23.1 Å². The first-order valence-electron chi connectivity index (χ1n) is 18.5. The zero-order valence-corrected chi connectivity index (χ0v) is 31.0. The maximum Gasteiger partial charge on any atom is 0.338 e. The average Bonchev–Trinajstić information content (AvgIpc) is 3.84. The molecule has 8 rings (SSSR count). The molecule has 2 bridgehead atoms. The monoisotopic (exact) mass is 690 g/mol. The Kier molecular flexibility index (Phi) is 8.07. The zero-order chi connectivity index (χ0) is 34.9. The molecule has 1 spiro atoms. The summed E-state index contributed by atoms with van der Waals surface area (Å²) in [4.78, 5) is 30.5. The van der Waals surface area contributed by atoms with Crippen molar-refractivity contribution in [3.05, 3.63) is 101 Å². The predicted octanol–water partition coefficient (Wildman–Crippen LogP) is 7.70. The lowest BCUT2D eigenvalue weighted by molar-refractivity contribution is -0.193. The molecule has 3 aromatic carbocycles. The van der Waals surface area contributed by atoms with E-state index in [4.69, 9.17) is 13.9 Å². The van der Waals surface area contributed by atoms with Crippen LogP contribution in [-0.2, 0) is 21.4 Å². The molecule has 7 nitrogen and oxygen atoms in total. The summed E-state index contributed by atoms with van der Waals surface area (Å²) < 4.78 is 21.3. The van der Waals surface area contributed by atoms with Crippen molar-refractivity contribution in [1.82, 2.24) is 10.2 Å². The van der Waals surface area contributed by atoms with E-state index in [1.54, 1.807) is 6.08 Å². The summed E-state index contributed by atoms with van der Waals surface area (Å²) in [5.41, 5.74) is 2.45. The number of benzene rings is 3. The summed E-state index contributed by atoms with van der Waals surface area (Å²) in [6.45, 7) is 13.2. The number of esters is 1. The average molecular weight is 691 g/mol. The summed E-state index contributed by atoms with van der Waals surface area (Å²) >= 11 is 0. The van der Waals surface area contributed by atoms with Gasteiger partial charge in [0.2, 0.25) is 5.91 Å². The number of carbonyl (C=O) groups is 2. The van der Waals surface area contributed by atoms with Gasteiger partial charge in [-0.3, -0.25) is 9.69 Å². The van der Waals surface area contributed by atoms with E-state index in [9.17, 15) is 9.59 Å². The largest absolute Gasteiger partial charge is 0.541 e. The number of carbonyl (C=O) groups excluding carboxylic acids is 2. The van der Waals surface area contributed by atoms with Gasteiger partial charge in [0.15, 0.2) is 5.75 Å². The van der Waals surface area contributed by atoms with Gasteiger partial charge in [0.25, 0.3) is 8.32 Å². The smallest absolute Gasteiger partial charge is 0.338 e. The van der Waals surface area contributed by atoms with Crippen LogP contribution >= 0.6 is 0 Å². The lowest BCUT2D eigenvalue weighted by Crippen LogP contribution is -2.79. The SMILES string of the molecule is CC(C)(C)[Si](C)(C)Oc1ccc2c3c1O[C@H]1[C@H](NC(=O)/C=C/c4ccccc4)CC[C@@]4(OC(=O)c5ccccc5)[C@@H](C2)N(CC2CC2)CC[C@]314. The van der Waals surface area contributed by atoms with E-state index in [2.05, 4.69) is 56.2 Å². The Hall–Kier alpha value is -3.88. The third kappa shape index (κ3) is 5.41. The molecule has 8 heteroatoms. The molecule has 1 amide bonds. The fourth-order valence-corrected chi connectivity index (χ4v) is 10.1. The molecule has 0 aromatic heterocycles. The minimum atomic E-state index is -2.24. The summed E-state index contributed by atoms with van der Waals surface area (Å²) in [6.07, 6.45) is 8.40. The van der Waals surface area contributed by atoms with Gasteiger partial charge in [-0.1, -0.05) is 75.4 Å². The molecule has 3 aliphatic carbocycles. The van der Waals surface area contributed by atoms with Crippen LogP contribution in [0.1, 0.15) is 79.9 Å². The molecule has 3 fully saturated rings. The van der Waals surface area contributed by atoms with Gasteiger partial charge in [-0.2, -0.15) is 0 Å². The first-order chi connectivity index (χ1) is 23.9. The summed E-state index contributed by atoms with van der Waals surface area (Å²) in [6, 6.07) is 23.4. The third-order valence-electron chi connectivity index (χ3n) is 12.7. The Morgan fingerprint density at radius 2 is 1.70 bits per heavy atom. The van der Waals surface area contributed by atoms with E-state index in [-0.39, 0.29) is 29.0 Å². The van der Waals surface area contributed by atoms with Gasteiger partial charge < -0.3 is 19.2 Å². The molecule has 5 atom stereocenters. The molecule has 2 heterocycles. The van der Waals surface area contributed by atoms with E-state index >= 15 is 0 Å². The number of hydrogen-bond donors (Lipinski definition) is 1. The fourth-order valence-electron chi connectivity index (χ4n) is 9.07. The van der Waals surface area contributed by atoms with Crippen molar-refractivity contribution in [3.63, 3.8) is 0 Å². The van der Waals surface area contributed by atoms with Crippen LogP contribution in [0, 0.1) is 5.92 Å². The normalized spacial score (nSPS) is 28.5. The van der Waals surface area contributed by atoms with Crippen LogP contribution in [0.15, 0.2) is 78.9 Å². The van der Waals surface area contributed by atoms with Crippen molar-refractivity contribution < 1.29 is 23.5 Å². The van der Waals surface area contributed by atoms with Crippen LogP contribution in [0.4, 0.5) is 0 Å². The second-order valence-corrected chi connectivity index (χ2v) is 21.5. The lowest BCUT2D eigenvalue weighted by Gasteiger charge is -2.65. The molecule has 3 aromatic rings. The molecule has 1 saturated heterocycles. The van der Waals surface area contributed by atoms with Crippen LogP contribution in [0.5, 0.6) is 11.5 Å². The highest BCUT2D eigenvalue weighted by atomic mass is 28.4. The van der Waals surface area contributed by atoms with E-state index in [0.29, 0.717) is 24.3 Å². The second-order valence-electron chi connectivity index (χ2n) is 16.8. The van der Waals surface area contributed by atoms with Crippen molar-refractivity contribution in [2.24, 2.45) is 5.92 Å². The molecule has 5 aliphatic rings. The number of likely N-dealkylation sites (tertiary alicyclic amines) is 1. The van der Waals surface area contributed by atoms with Crippen molar-refractivity contribution in [2.75, 3.05) is 13.1 Å². The van der Waals surface area contributed by atoms with E-state index in [1.165, 1.54) is 18.4 Å². The van der Waals surface area contributed by atoms with Gasteiger partial charge in [-0.15, -0.1) is 0 Å². The number of ether oxygens (including phenoxy) is 2. The first-order valence-corrected chi connectivity index (χ1v) is 21.4. The number of rotatable bonds is 9. The molecule has 0 unspecified atom stereocenters. The summed E-state index contributed by atoms with van der Waals surface area (Å²) in [7, 11) is -2.24. The van der Waals surface area contributed by atoms with Gasteiger partial charge in [-0.05, 0) is 105 Å². The molecule has 0 radical (unpaired) electrons. The van der Waals surface area contributed by atoms with Gasteiger partial charge in [-0.25, -0.2) is 4.79 Å². The molecular weight excluding hydrogens is 641 g/mol. The molecule has 1 N–H and O–H groups in total. The third-order valence-corrected chi connectivity index (χ3v) is 17.1. The molecule has 262 valence electrons. The minimum Gasteiger partial charge on any atom is -0.541 e. The van der Waals surface area contributed by atoms with Gasteiger partial charge >= 0.3 is 5.97 Å². The maximum absolute atomic E-state index is 14.2.